The van der Waals surface area contributed by atoms with Gasteiger partial charge in [-0.15, -0.1) is 0 Å². The largest absolute Gasteiger partial charge is 0.477 e. The molecule has 0 fully saturated rings. The van der Waals surface area contributed by atoms with Crippen LogP contribution in [0, 0.1) is 0 Å². The van der Waals surface area contributed by atoms with Crippen LogP contribution in [-0.2, 0) is 6.54 Å². The number of carboxylic acid groups (broad SMARTS) is 1. The van der Waals surface area contributed by atoms with Crippen LogP contribution in [0.4, 0.5) is 5.69 Å². The fourth-order valence-corrected chi connectivity index (χ4v) is 1.86. The summed E-state index contributed by atoms with van der Waals surface area (Å²) in [5.74, 6) is -0.924. The second kappa shape index (κ2) is 4.33. The van der Waals surface area contributed by atoms with Crippen LogP contribution in [-0.4, -0.2) is 15.6 Å². The van der Waals surface area contributed by atoms with Crippen molar-refractivity contribution in [3.8, 4) is 11.1 Å². The van der Waals surface area contributed by atoms with Crippen molar-refractivity contribution in [3.05, 3.63) is 42.2 Å². The van der Waals surface area contributed by atoms with Crippen molar-refractivity contribution in [2.24, 2.45) is 0 Å². The standard InChI is InChI=1S/C13H14N2O2/c1-2-15-8-9(7-12(15)13(16)17)10-5-3-4-6-11(10)14/h3-8H,2,14H2,1H3,(H,16,17). The number of carbonyl (C=O) groups is 1. The molecule has 0 saturated carbocycles. The molecule has 0 aliphatic heterocycles. The molecule has 0 spiro atoms. The lowest BCUT2D eigenvalue weighted by molar-refractivity contribution is 0.0685. The average molecular weight is 230 g/mol. The minimum absolute atomic E-state index is 0.283. The second-order valence-electron chi connectivity index (χ2n) is 3.79. The van der Waals surface area contributed by atoms with Crippen molar-refractivity contribution in [3.63, 3.8) is 0 Å². The Morgan fingerprint density at radius 2 is 2.12 bits per heavy atom. The number of rotatable bonds is 3. The van der Waals surface area contributed by atoms with Gasteiger partial charge in [-0.3, -0.25) is 0 Å². The van der Waals surface area contributed by atoms with Crippen LogP contribution in [0.1, 0.15) is 17.4 Å². The molecule has 1 aromatic heterocycles. The summed E-state index contributed by atoms with van der Waals surface area (Å²) in [7, 11) is 0. The topological polar surface area (TPSA) is 68.2 Å². The number of carboxylic acids is 1. The van der Waals surface area contributed by atoms with Crippen molar-refractivity contribution in [2.75, 3.05) is 5.73 Å². The molecule has 1 aromatic carbocycles. The van der Waals surface area contributed by atoms with Crippen molar-refractivity contribution in [2.45, 2.75) is 13.5 Å². The average Bonchev–Trinajstić information content (AvgIpc) is 2.73. The molecule has 3 N–H and O–H groups in total. The van der Waals surface area contributed by atoms with E-state index in [0.717, 1.165) is 11.1 Å². The number of hydrogen-bond acceptors (Lipinski definition) is 2. The summed E-state index contributed by atoms with van der Waals surface area (Å²) in [5, 5.41) is 9.07. The van der Waals surface area contributed by atoms with E-state index < -0.39 is 5.97 Å². The first-order valence-corrected chi connectivity index (χ1v) is 5.41. The molecule has 0 saturated heterocycles. The highest BCUT2D eigenvalue weighted by Gasteiger charge is 2.13. The van der Waals surface area contributed by atoms with E-state index in [1.807, 2.05) is 31.3 Å². The van der Waals surface area contributed by atoms with Gasteiger partial charge in [0.25, 0.3) is 0 Å². The first-order valence-electron chi connectivity index (χ1n) is 5.41. The van der Waals surface area contributed by atoms with Crippen LogP contribution in [0.25, 0.3) is 11.1 Å². The van der Waals surface area contributed by atoms with Crippen LogP contribution in [0.2, 0.25) is 0 Å². The number of para-hydroxylation sites is 1. The van der Waals surface area contributed by atoms with Crippen LogP contribution in [0.3, 0.4) is 0 Å². The molecule has 88 valence electrons. The quantitative estimate of drug-likeness (QED) is 0.796. The van der Waals surface area contributed by atoms with E-state index in [2.05, 4.69) is 0 Å². The third kappa shape index (κ3) is 2.01. The van der Waals surface area contributed by atoms with Gasteiger partial charge in [-0.05, 0) is 19.1 Å². The number of nitrogens with zero attached hydrogens (tertiary/aromatic N) is 1. The Kier molecular flexibility index (Phi) is 2.87. The molecule has 0 unspecified atom stereocenters. The highest BCUT2D eigenvalue weighted by Crippen LogP contribution is 2.27. The van der Waals surface area contributed by atoms with Gasteiger partial charge in [-0.2, -0.15) is 0 Å². The van der Waals surface area contributed by atoms with E-state index >= 15 is 0 Å². The van der Waals surface area contributed by atoms with E-state index in [1.165, 1.54) is 0 Å². The lowest BCUT2D eigenvalue weighted by atomic mass is 10.1. The number of nitrogens with two attached hydrogens (primary N) is 1. The molecule has 0 atom stereocenters. The molecule has 1 heterocycles. The summed E-state index contributed by atoms with van der Waals surface area (Å²) < 4.78 is 1.70. The summed E-state index contributed by atoms with van der Waals surface area (Å²) in [6.45, 7) is 2.53. The number of hydrogen-bond donors (Lipinski definition) is 2. The normalized spacial score (nSPS) is 10.4. The molecule has 0 radical (unpaired) electrons. The van der Waals surface area contributed by atoms with Gasteiger partial charge in [0.05, 0.1) is 0 Å². The van der Waals surface area contributed by atoms with Gasteiger partial charge in [0.2, 0.25) is 0 Å². The Hall–Kier alpha value is -2.23. The first kappa shape index (κ1) is 11.3. The van der Waals surface area contributed by atoms with E-state index in [0.29, 0.717) is 12.2 Å². The van der Waals surface area contributed by atoms with Crippen molar-refractivity contribution < 1.29 is 9.90 Å². The highest BCUT2D eigenvalue weighted by atomic mass is 16.4. The fraction of sp³-hybridized carbons (Fsp3) is 0.154. The van der Waals surface area contributed by atoms with Crippen LogP contribution < -0.4 is 5.73 Å². The number of anilines is 1. The van der Waals surface area contributed by atoms with Gasteiger partial charge >= 0.3 is 5.97 Å². The lowest BCUT2D eigenvalue weighted by Gasteiger charge is -2.02. The fourth-order valence-electron chi connectivity index (χ4n) is 1.86. The summed E-state index contributed by atoms with van der Waals surface area (Å²) in [5.41, 5.74) is 8.51. The zero-order valence-corrected chi connectivity index (χ0v) is 9.55. The number of nitrogen functional groups attached to an aromatic ring is 1. The third-order valence-corrected chi connectivity index (χ3v) is 2.73. The summed E-state index contributed by atoms with van der Waals surface area (Å²) in [4.78, 5) is 11.1. The maximum absolute atomic E-state index is 11.1. The molecule has 0 aliphatic carbocycles. The van der Waals surface area contributed by atoms with Crippen molar-refractivity contribution in [1.29, 1.82) is 0 Å². The predicted octanol–water partition coefficient (Wildman–Crippen LogP) is 2.46. The Labute approximate surface area is 99.3 Å². The van der Waals surface area contributed by atoms with Crippen LogP contribution in [0.5, 0.6) is 0 Å². The molecule has 2 aromatic rings. The Morgan fingerprint density at radius 1 is 1.41 bits per heavy atom. The molecule has 4 nitrogen and oxygen atoms in total. The van der Waals surface area contributed by atoms with E-state index in [-0.39, 0.29) is 5.69 Å². The van der Waals surface area contributed by atoms with E-state index in [9.17, 15) is 4.79 Å². The van der Waals surface area contributed by atoms with Gasteiger partial charge in [-0.25, -0.2) is 4.79 Å². The Morgan fingerprint density at radius 3 is 2.65 bits per heavy atom. The van der Waals surface area contributed by atoms with Crippen LogP contribution in [0.15, 0.2) is 36.5 Å². The summed E-state index contributed by atoms with van der Waals surface area (Å²) in [6, 6.07) is 9.08. The molecule has 17 heavy (non-hydrogen) atoms. The Balaban J connectivity index is 2.54. The number of benzene rings is 1. The minimum Gasteiger partial charge on any atom is -0.477 e. The molecule has 4 heteroatoms. The van der Waals surface area contributed by atoms with Crippen molar-refractivity contribution in [1.82, 2.24) is 4.57 Å². The molecule has 0 bridgehead atoms. The molecule has 0 amide bonds. The Bertz CT molecular complexity index is 558. The molecular formula is C13H14N2O2. The zero-order valence-electron chi connectivity index (χ0n) is 9.55. The number of aromatic nitrogens is 1. The number of aryl methyl sites for hydroxylation is 1. The smallest absolute Gasteiger partial charge is 0.352 e. The predicted molar refractivity (Wildman–Crippen MR) is 66.9 cm³/mol. The van der Waals surface area contributed by atoms with Gasteiger partial charge in [0.15, 0.2) is 0 Å². The maximum atomic E-state index is 11.1. The van der Waals surface area contributed by atoms with Crippen molar-refractivity contribution >= 4 is 11.7 Å². The van der Waals surface area contributed by atoms with Gasteiger partial charge in [0.1, 0.15) is 5.69 Å². The third-order valence-electron chi connectivity index (χ3n) is 2.73. The minimum atomic E-state index is -0.924. The second-order valence-corrected chi connectivity index (χ2v) is 3.79. The molecule has 0 aliphatic rings. The van der Waals surface area contributed by atoms with Gasteiger partial charge < -0.3 is 15.4 Å². The maximum Gasteiger partial charge on any atom is 0.352 e. The zero-order chi connectivity index (χ0) is 12.4. The SMILES string of the molecule is CCn1cc(-c2ccccc2N)cc1C(=O)O. The summed E-state index contributed by atoms with van der Waals surface area (Å²) in [6.07, 6.45) is 1.81. The first-order chi connectivity index (χ1) is 8.13. The van der Waals surface area contributed by atoms with Gasteiger partial charge in [0, 0.05) is 29.6 Å². The van der Waals surface area contributed by atoms with Gasteiger partial charge in [-0.1, -0.05) is 18.2 Å². The van der Waals surface area contributed by atoms with Crippen LogP contribution >= 0.6 is 0 Å². The van der Waals surface area contributed by atoms with E-state index in [1.54, 1.807) is 16.7 Å². The molecule has 2 rings (SSSR count). The lowest BCUT2D eigenvalue weighted by Crippen LogP contribution is -2.05. The monoisotopic (exact) mass is 230 g/mol. The molecular weight excluding hydrogens is 216 g/mol. The van der Waals surface area contributed by atoms with E-state index in [4.69, 9.17) is 10.8 Å². The number of aromatic carboxylic acids is 1. The highest BCUT2D eigenvalue weighted by molar-refractivity contribution is 5.89. The summed E-state index contributed by atoms with van der Waals surface area (Å²) >= 11 is 0.